The second-order valence-corrected chi connectivity index (χ2v) is 10.2. The van der Waals surface area contributed by atoms with Crippen LogP contribution in [0.3, 0.4) is 0 Å². The van der Waals surface area contributed by atoms with Crippen LogP contribution in [-0.4, -0.2) is 72.8 Å². The lowest BCUT2D eigenvalue weighted by Crippen LogP contribution is -2.55. The van der Waals surface area contributed by atoms with E-state index in [1.165, 1.54) is 0 Å². The van der Waals surface area contributed by atoms with Gasteiger partial charge in [0.25, 0.3) is 7.37 Å². The van der Waals surface area contributed by atoms with Crippen molar-refractivity contribution in [3.05, 3.63) is 0 Å². The summed E-state index contributed by atoms with van der Waals surface area (Å²) in [5, 5.41) is 10.9. The molecule has 0 bridgehead atoms. The molecule has 2 unspecified atom stereocenters. The molecule has 0 spiro atoms. The second kappa shape index (κ2) is 7.63. The molecule has 3 rings (SSSR count). The smallest absolute Gasteiger partial charge is 0.288 e. The minimum atomic E-state index is -3.85. The van der Waals surface area contributed by atoms with Crippen molar-refractivity contribution in [1.29, 1.82) is 0 Å². The Morgan fingerprint density at radius 1 is 1.00 bits per heavy atom. The summed E-state index contributed by atoms with van der Waals surface area (Å²) < 4.78 is 54.2. The Labute approximate surface area is 160 Å². The van der Waals surface area contributed by atoms with E-state index in [4.69, 9.17) is 32.9 Å². The van der Waals surface area contributed by atoms with E-state index < -0.39 is 55.2 Å². The number of rotatable bonds is 6. The summed E-state index contributed by atoms with van der Waals surface area (Å²) in [7, 11) is -3.85. The zero-order chi connectivity index (χ0) is 20.0. The summed E-state index contributed by atoms with van der Waals surface area (Å²) in [6.07, 6.45) is -2.82. The van der Waals surface area contributed by atoms with Gasteiger partial charge in [-0.2, -0.15) is 0 Å². The zero-order valence-corrected chi connectivity index (χ0v) is 17.6. The lowest BCUT2D eigenvalue weighted by Gasteiger charge is -2.43. The van der Waals surface area contributed by atoms with Gasteiger partial charge in [-0.05, 0) is 41.5 Å². The molecule has 0 radical (unpaired) electrons. The third-order valence-electron chi connectivity index (χ3n) is 4.75. The van der Waals surface area contributed by atoms with Gasteiger partial charge in [-0.25, -0.2) is 0 Å². The van der Waals surface area contributed by atoms with Crippen LogP contribution in [0.2, 0.25) is 0 Å². The molecule has 0 aliphatic carbocycles. The first kappa shape index (κ1) is 21.6. The number of ether oxygens (including phenoxy) is 6. The molecule has 9 nitrogen and oxygen atoms in total. The van der Waals surface area contributed by atoms with Gasteiger partial charge in [0.05, 0.1) is 6.61 Å². The molecule has 6 atom stereocenters. The zero-order valence-electron chi connectivity index (χ0n) is 16.7. The fourth-order valence-electron chi connectivity index (χ4n) is 3.69. The maximum atomic E-state index is 13.8. The molecule has 27 heavy (non-hydrogen) atoms. The molecule has 10 heteroatoms. The first-order valence-electron chi connectivity index (χ1n) is 9.39. The van der Waals surface area contributed by atoms with Crippen molar-refractivity contribution in [3.63, 3.8) is 0 Å². The van der Waals surface area contributed by atoms with Crippen LogP contribution < -0.4 is 0 Å². The third kappa shape index (κ3) is 4.13. The van der Waals surface area contributed by atoms with Crippen LogP contribution in [0, 0.1) is 0 Å². The minimum Gasteiger partial charge on any atom is -0.380 e. The van der Waals surface area contributed by atoms with Crippen LogP contribution in [-0.2, 0) is 37.5 Å². The van der Waals surface area contributed by atoms with E-state index in [1.54, 1.807) is 41.5 Å². The van der Waals surface area contributed by atoms with Gasteiger partial charge >= 0.3 is 0 Å². The molecule has 3 saturated heterocycles. The molecule has 3 aliphatic rings. The molecule has 1 N–H and O–H groups in total. The van der Waals surface area contributed by atoms with Crippen LogP contribution in [0.15, 0.2) is 0 Å². The predicted octanol–water partition coefficient (Wildman–Crippen LogP) is 2.01. The Morgan fingerprint density at radius 2 is 1.59 bits per heavy atom. The van der Waals surface area contributed by atoms with Crippen LogP contribution in [0.5, 0.6) is 0 Å². The first-order valence-corrected chi connectivity index (χ1v) is 11.2. The highest BCUT2D eigenvalue weighted by Crippen LogP contribution is 2.64. The fourth-order valence-corrected chi connectivity index (χ4v) is 6.15. The number of aliphatic hydroxyl groups is 1. The van der Waals surface area contributed by atoms with Crippen molar-refractivity contribution in [2.24, 2.45) is 0 Å². The fraction of sp³-hybridized carbons (Fsp3) is 1.00. The summed E-state index contributed by atoms with van der Waals surface area (Å²) in [5.74, 6) is -3.20. The van der Waals surface area contributed by atoms with E-state index in [2.05, 4.69) is 0 Å². The minimum absolute atomic E-state index is 0.245. The van der Waals surface area contributed by atoms with Crippen LogP contribution in [0.4, 0.5) is 0 Å². The SMILES string of the molecule is CCOC(OCC)P1(=O)O[C@H]([C@H]2COC(C)(C)O2)[C@@H]2OC(C)(C)O[C@@H]2C1O. The van der Waals surface area contributed by atoms with Gasteiger partial charge in [-0.3, -0.25) is 4.57 Å². The van der Waals surface area contributed by atoms with Gasteiger partial charge in [-0.1, -0.05) is 0 Å². The Bertz CT molecular complexity index is 575. The van der Waals surface area contributed by atoms with E-state index in [9.17, 15) is 9.67 Å². The Hall–Kier alpha value is -0.0900. The van der Waals surface area contributed by atoms with E-state index in [0.717, 1.165) is 0 Å². The highest BCUT2D eigenvalue weighted by molar-refractivity contribution is 7.60. The molecule has 3 heterocycles. The average molecular weight is 410 g/mol. The Morgan fingerprint density at radius 3 is 2.11 bits per heavy atom. The van der Waals surface area contributed by atoms with Gasteiger partial charge < -0.3 is 38.1 Å². The summed E-state index contributed by atoms with van der Waals surface area (Å²) in [6.45, 7) is 11.3. The molecule has 0 aromatic heterocycles. The van der Waals surface area contributed by atoms with E-state index in [-0.39, 0.29) is 19.8 Å². The molecule has 0 saturated carbocycles. The highest BCUT2D eigenvalue weighted by atomic mass is 31.2. The molecular formula is C17H31O9P. The lowest BCUT2D eigenvalue weighted by atomic mass is 10.0. The molecule has 0 aromatic carbocycles. The number of hydrogen-bond donors (Lipinski definition) is 1. The van der Waals surface area contributed by atoms with Crippen molar-refractivity contribution in [2.75, 3.05) is 19.8 Å². The summed E-state index contributed by atoms with van der Waals surface area (Å²) in [6, 6.07) is -1.20. The molecule has 3 aliphatic heterocycles. The number of hydrogen-bond acceptors (Lipinski definition) is 9. The normalized spacial score (nSPS) is 43.2. The first-order chi connectivity index (χ1) is 12.5. The van der Waals surface area contributed by atoms with Crippen molar-refractivity contribution >= 4 is 7.37 Å². The molecule has 0 amide bonds. The van der Waals surface area contributed by atoms with Gasteiger partial charge in [0.2, 0.25) is 6.03 Å². The van der Waals surface area contributed by atoms with E-state index >= 15 is 0 Å². The van der Waals surface area contributed by atoms with Crippen molar-refractivity contribution < 1.29 is 42.6 Å². The van der Waals surface area contributed by atoms with Gasteiger partial charge in [0.1, 0.15) is 24.4 Å². The van der Waals surface area contributed by atoms with Crippen LogP contribution in [0.25, 0.3) is 0 Å². The van der Waals surface area contributed by atoms with Gasteiger partial charge in [0.15, 0.2) is 17.4 Å². The molecule has 158 valence electrons. The standard InChI is InChI=1S/C17H31O9P/c1-7-20-15(21-8-2)27(19)14(18)13-12(24-17(5,6)25-13)11(26-27)10-9-22-16(3,4)23-10/h10-15,18H,7-9H2,1-6H3/t10-,11-,12+,13+,14?,27?/m1/s1. The number of aliphatic hydroxyl groups excluding tert-OH is 1. The van der Waals surface area contributed by atoms with Crippen LogP contribution >= 0.6 is 7.37 Å². The predicted molar refractivity (Wildman–Crippen MR) is 94.3 cm³/mol. The average Bonchev–Trinajstić information content (AvgIpc) is 3.09. The quantitative estimate of drug-likeness (QED) is 0.520. The summed E-state index contributed by atoms with van der Waals surface area (Å²) >= 11 is 0. The second-order valence-electron chi connectivity index (χ2n) is 7.78. The van der Waals surface area contributed by atoms with Crippen molar-refractivity contribution in [3.8, 4) is 0 Å². The van der Waals surface area contributed by atoms with Crippen LogP contribution in [0.1, 0.15) is 41.5 Å². The van der Waals surface area contributed by atoms with Crippen molar-refractivity contribution in [2.45, 2.75) is 89.4 Å². The Kier molecular flexibility index (Phi) is 6.11. The molecule has 0 aromatic rings. The topological polar surface area (TPSA) is 102 Å². The van der Waals surface area contributed by atoms with Gasteiger partial charge in [0, 0.05) is 13.2 Å². The number of fused-ring (bicyclic) bond motifs is 1. The van der Waals surface area contributed by atoms with E-state index in [1.807, 2.05) is 0 Å². The maximum Gasteiger partial charge on any atom is 0.288 e. The molecule has 3 fully saturated rings. The summed E-state index contributed by atoms with van der Waals surface area (Å²) in [5.41, 5.74) is 0. The van der Waals surface area contributed by atoms with E-state index in [0.29, 0.717) is 0 Å². The largest absolute Gasteiger partial charge is 0.380 e. The summed E-state index contributed by atoms with van der Waals surface area (Å²) in [4.78, 5) is 0. The lowest BCUT2D eigenvalue weighted by molar-refractivity contribution is -0.176. The molecular weight excluding hydrogens is 379 g/mol. The Balaban J connectivity index is 1.94. The third-order valence-corrected chi connectivity index (χ3v) is 7.24. The van der Waals surface area contributed by atoms with Crippen molar-refractivity contribution in [1.82, 2.24) is 0 Å². The monoisotopic (exact) mass is 410 g/mol. The highest BCUT2D eigenvalue weighted by Gasteiger charge is 2.64. The van der Waals surface area contributed by atoms with Gasteiger partial charge in [-0.15, -0.1) is 0 Å². The maximum absolute atomic E-state index is 13.8.